The molecule has 0 radical (unpaired) electrons. The van der Waals surface area contributed by atoms with Crippen molar-refractivity contribution >= 4 is 5.82 Å². The number of rotatable bonds is 3. The van der Waals surface area contributed by atoms with Crippen LogP contribution in [0.5, 0.6) is 0 Å². The Hall–Kier alpha value is -1.19. The molecule has 1 aromatic rings. The van der Waals surface area contributed by atoms with Gasteiger partial charge in [0.25, 0.3) is 0 Å². The van der Waals surface area contributed by atoms with Gasteiger partial charge in [-0.3, -0.25) is 0 Å². The second-order valence-corrected chi connectivity index (χ2v) is 4.62. The Kier molecular flexibility index (Phi) is 1.90. The van der Waals surface area contributed by atoms with Crippen molar-refractivity contribution in [2.75, 3.05) is 5.32 Å². The van der Waals surface area contributed by atoms with Crippen molar-refractivity contribution in [2.45, 2.75) is 37.6 Å². The van der Waals surface area contributed by atoms with Crippen LogP contribution in [0.15, 0.2) is 12.3 Å². The molecule has 2 saturated carbocycles. The highest BCUT2D eigenvalue weighted by atomic mass is 19.1. The second-order valence-electron chi connectivity index (χ2n) is 4.62. The maximum atomic E-state index is 12.8. The van der Waals surface area contributed by atoms with E-state index in [0.29, 0.717) is 5.82 Å². The lowest BCUT2D eigenvalue weighted by Crippen LogP contribution is -2.36. The predicted molar refractivity (Wildman–Crippen MR) is 54.9 cm³/mol. The van der Waals surface area contributed by atoms with Crippen molar-refractivity contribution < 1.29 is 4.39 Å². The average molecular weight is 207 g/mol. The lowest BCUT2D eigenvalue weighted by atomic mass is 9.78. The first-order valence-corrected chi connectivity index (χ1v) is 5.55. The molecule has 0 saturated heterocycles. The molecule has 0 aliphatic heterocycles. The van der Waals surface area contributed by atoms with Crippen LogP contribution >= 0.6 is 0 Å². The van der Waals surface area contributed by atoms with Crippen LogP contribution in [0.4, 0.5) is 10.2 Å². The summed E-state index contributed by atoms with van der Waals surface area (Å²) in [6.45, 7) is 0. The number of hydrogen-bond donors (Lipinski definition) is 1. The van der Waals surface area contributed by atoms with E-state index < -0.39 is 6.08 Å². The lowest BCUT2D eigenvalue weighted by Gasteiger charge is -2.35. The number of anilines is 1. The summed E-state index contributed by atoms with van der Waals surface area (Å²) in [5.41, 5.74) is 0.235. The monoisotopic (exact) mass is 207 g/mol. The average Bonchev–Trinajstić information content (AvgIpc) is 2.81. The minimum atomic E-state index is -0.649. The Morgan fingerprint density at radius 3 is 2.73 bits per heavy atom. The smallest absolute Gasteiger partial charge is 0.310 e. The lowest BCUT2D eigenvalue weighted by molar-refractivity contribution is 0.261. The van der Waals surface area contributed by atoms with Crippen LogP contribution in [0, 0.1) is 12.0 Å². The van der Waals surface area contributed by atoms with Crippen molar-refractivity contribution in [3.05, 3.63) is 18.3 Å². The van der Waals surface area contributed by atoms with Gasteiger partial charge >= 0.3 is 6.08 Å². The molecule has 2 aliphatic carbocycles. The highest BCUT2D eigenvalue weighted by Gasteiger charge is 2.51. The zero-order chi connectivity index (χ0) is 10.3. The Balaban J connectivity index is 1.74. The van der Waals surface area contributed by atoms with E-state index in [1.165, 1.54) is 38.3 Å². The van der Waals surface area contributed by atoms with E-state index in [1.807, 2.05) is 0 Å². The molecule has 4 heteroatoms. The summed E-state index contributed by atoms with van der Waals surface area (Å²) < 4.78 is 12.8. The fraction of sp³-hybridized carbons (Fsp3) is 0.636. The fourth-order valence-electron chi connectivity index (χ4n) is 2.39. The molecule has 2 aliphatic rings. The van der Waals surface area contributed by atoms with E-state index in [0.717, 1.165) is 5.92 Å². The van der Waals surface area contributed by atoms with Crippen molar-refractivity contribution in [1.82, 2.24) is 9.97 Å². The van der Waals surface area contributed by atoms with E-state index in [-0.39, 0.29) is 5.54 Å². The van der Waals surface area contributed by atoms with Crippen molar-refractivity contribution in [1.29, 1.82) is 0 Å². The summed E-state index contributed by atoms with van der Waals surface area (Å²) in [5.74, 6) is 1.41. The number of nitrogens with one attached hydrogen (secondary N) is 1. The van der Waals surface area contributed by atoms with Crippen LogP contribution in [0.3, 0.4) is 0 Å². The zero-order valence-electron chi connectivity index (χ0n) is 8.54. The van der Waals surface area contributed by atoms with Gasteiger partial charge in [0.05, 0.1) is 0 Å². The summed E-state index contributed by atoms with van der Waals surface area (Å²) in [6, 6.07) is 1.74. The largest absolute Gasteiger partial charge is 0.364 e. The van der Waals surface area contributed by atoms with Gasteiger partial charge in [0.1, 0.15) is 5.82 Å². The van der Waals surface area contributed by atoms with Crippen LogP contribution in [-0.2, 0) is 0 Å². The SMILES string of the molecule is Fc1nccc(NC2(C3CCC3)CC2)n1. The predicted octanol–water partition coefficient (Wildman–Crippen LogP) is 2.36. The molecule has 1 N–H and O–H groups in total. The molecule has 1 heterocycles. The summed E-state index contributed by atoms with van der Waals surface area (Å²) in [5, 5.41) is 3.38. The van der Waals surface area contributed by atoms with Crippen LogP contribution in [-0.4, -0.2) is 15.5 Å². The van der Waals surface area contributed by atoms with Gasteiger partial charge in [0, 0.05) is 11.7 Å². The highest BCUT2D eigenvalue weighted by molar-refractivity contribution is 5.40. The molecule has 80 valence electrons. The molecule has 0 atom stereocenters. The highest BCUT2D eigenvalue weighted by Crippen LogP contribution is 2.52. The molecular weight excluding hydrogens is 193 g/mol. The van der Waals surface area contributed by atoms with Crippen LogP contribution in [0.1, 0.15) is 32.1 Å². The van der Waals surface area contributed by atoms with Crippen LogP contribution in [0.2, 0.25) is 0 Å². The first kappa shape index (κ1) is 9.07. The fourth-order valence-corrected chi connectivity index (χ4v) is 2.39. The molecule has 15 heavy (non-hydrogen) atoms. The minimum Gasteiger partial charge on any atom is -0.364 e. The topological polar surface area (TPSA) is 37.8 Å². The van der Waals surface area contributed by atoms with Crippen molar-refractivity contribution in [2.24, 2.45) is 5.92 Å². The van der Waals surface area contributed by atoms with E-state index in [9.17, 15) is 4.39 Å². The molecule has 0 amide bonds. The first-order chi connectivity index (χ1) is 7.28. The number of aromatic nitrogens is 2. The molecule has 0 aromatic carbocycles. The maximum absolute atomic E-state index is 12.8. The molecule has 1 aromatic heterocycles. The van der Waals surface area contributed by atoms with Gasteiger partial charge in [-0.25, -0.2) is 4.98 Å². The van der Waals surface area contributed by atoms with Gasteiger partial charge < -0.3 is 5.32 Å². The molecular formula is C11H14FN3. The first-order valence-electron chi connectivity index (χ1n) is 5.55. The van der Waals surface area contributed by atoms with Crippen LogP contribution in [0.25, 0.3) is 0 Å². The maximum Gasteiger partial charge on any atom is 0.310 e. The van der Waals surface area contributed by atoms with Gasteiger partial charge in [-0.1, -0.05) is 6.42 Å². The Bertz CT molecular complexity index is 372. The normalized spacial score (nSPS) is 23.3. The Labute approximate surface area is 88.1 Å². The van der Waals surface area contributed by atoms with Gasteiger partial charge in [-0.05, 0) is 37.7 Å². The molecule has 0 spiro atoms. The third-order valence-corrected chi connectivity index (χ3v) is 3.68. The van der Waals surface area contributed by atoms with Gasteiger partial charge in [-0.15, -0.1) is 0 Å². The van der Waals surface area contributed by atoms with Crippen molar-refractivity contribution in [3.63, 3.8) is 0 Å². The summed E-state index contributed by atoms with van der Waals surface area (Å²) in [4.78, 5) is 7.20. The summed E-state index contributed by atoms with van der Waals surface area (Å²) >= 11 is 0. The third-order valence-electron chi connectivity index (χ3n) is 3.68. The Morgan fingerprint density at radius 2 is 2.20 bits per heavy atom. The molecule has 3 rings (SSSR count). The Morgan fingerprint density at radius 1 is 1.40 bits per heavy atom. The summed E-state index contributed by atoms with van der Waals surface area (Å²) in [6.07, 6.45) is 7.16. The zero-order valence-corrected chi connectivity index (χ0v) is 8.54. The van der Waals surface area contributed by atoms with E-state index in [4.69, 9.17) is 0 Å². The molecule has 0 bridgehead atoms. The summed E-state index contributed by atoms with van der Waals surface area (Å²) in [7, 11) is 0. The standard InChI is InChI=1S/C11H14FN3/c12-10-13-7-4-9(14-10)15-11(5-6-11)8-2-1-3-8/h4,7-8H,1-3,5-6H2,(H,13,14,15). The van der Waals surface area contributed by atoms with Crippen molar-refractivity contribution in [3.8, 4) is 0 Å². The molecule has 2 fully saturated rings. The minimum absolute atomic E-state index is 0.235. The van der Waals surface area contributed by atoms with E-state index >= 15 is 0 Å². The number of nitrogens with zero attached hydrogens (tertiary/aromatic N) is 2. The van der Waals surface area contributed by atoms with Gasteiger partial charge in [0.2, 0.25) is 0 Å². The number of hydrogen-bond acceptors (Lipinski definition) is 3. The van der Waals surface area contributed by atoms with E-state index in [1.54, 1.807) is 6.07 Å². The second kappa shape index (κ2) is 3.15. The van der Waals surface area contributed by atoms with Gasteiger partial charge in [0.15, 0.2) is 0 Å². The molecule has 3 nitrogen and oxygen atoms in total. The quantitative estimate of drug-likeness (QED) is 0.773. The third kappa shape index (κ3) is 1.58. The van der Waals surface area contributed by atoms with Crippen LogP contribution < -0.4 is 5.32 Å². The number of halogens is 1. The van der Waals surface area contributed by atoms with E-state index in [2.05, 4.69) is 15.3 Å². The molecule has 0 unspecified atom stereocenters. The van der Waals surface area contributed by atoms with Gasteiger partial charge in [-0.2, -0.15) is 9.37 Å².